The number of halogens is 1. The van der Waals surface area contributed by atoms with Gasteiger partial charge in [-0.15, -0.1) is 0 Å². The fourth-order valence-corrected chi connectivity index (χ4v) is 2.96. The van der Waals surface area contributed by atoms with Crippen molar-refractivity contribution in [2.45, 2.75) is 26.7 Å². The number of hydrogen-bond donors (Lipinski definition) is 1. The standard InChI is InChI=1S/C17H21BrN4/c1-12-7-9-22(10-8-12)17-11-16(19-13(2)20-17)21-15-5-3-14(18)4-6-15/h3-6,11-12H,7-10H2,1-2H3,(H,19,20,21). The lowest BCUT2D eigenvalue weighted by Crippen LogP contribution is -2.33. The van der Waals surface area contributed by atoms with Gasteiger partial charge in [0, 0.05) is 29.3 Å². The molecule has 116 valence electrons. The Morgan fingerprint density at radius 1 is 1.14 bits per heavy atom. The van der Waals surface area contributed by atoms with E-state index in [1.54, 1.807) is 0 Å². The molecular weight excluding hydrogens is 340 g/mol. The van der Waals surface area contributed by atoms with Crippen molar-refractivity contribution in [3.05, 3.63) is 40.6 Å². The van der Waals surface area contributed by atoms with Crippen molar-refractivity contribution < 1.29 is 0 Å². The molecule has 0 bridgehead atoms. The highest BCUT2D eigenvalue weighted by molar-refractivity contribution is 9.10. The number of benzene rings is 1. The van der Waals surface area contributed by atoms with Gasteiger partial charge < -0.3 is 10.2 Å². The molecular formula is C17H21BrN4. The number of piperidine rings is 1. The molecule has 1 aliphatic heterocycles. The van der Waals surface area contributed by atoms with Gasteiger partial charge in [-0.05, 0) is 49.9 Å². The van der Waals surface area contributed by atoms with Crippen molar-refractivity contribution in [3.63, 3.8) is 0 Å². The molecule has 0 atom stereocenters. The summed E-state index contributed by atoms with van der Waals surface area (Å²) in [5.74, 6) is 3.50. The molecule has 0 amide bonds. The van der Waals surface area contributed by atoms with E-state index in [1.165, 1.54) is 12.8 Å². The van der Waals surface area contributed by atoms with Gasteiger partial charge in [-0.1, -0.05) is 22.9 Å². The van der Waals surface area contributed by atoms with E-state index in [4.69, 9.17) is 0 Å². The summed E-state index contributed by atoms with van der Waals surface area (Å²) in [6.07, 6.45) is 2.47. The van der Waals surface area contributed by atoms with Crippen LogP contribution in [0.3, 0.4) is 0 Å². The van der Waals surface area contributed by atoms with Gasteiger partial charge in [-0.3, -0.25) is 0 Å². The Hall–Kier alpha value is -1.62. The number of nitrogens with zero attached hydrogens (tertiary/aromatic N) is 3. The maximum Gasteiger partial charge on any atom is 0.136 e. The van der Waals surface area contributed by atoms with Crippen LogP contribution in [-0.4, -0.2) is 23.1 Å². The smallest absolute Gasteiger partial charge is 0.136 e. The van der Waals surface area contributed by atoms with Gasteiger partial charge >= 0.3 is 0 Å². The third-order valence-electron chi connectivity index (χ3n) is 4.05. The van der Waals surface area contributed by atoms with Crippen molar-refractivity contribution in [1.82, 2.24) is 9.97 Å². The molecule has 2 aromatic rings. The van der Waals surface area contributed by atoms with Crippen LogP contribution in [0.4, 0.5) is 17.3 Å². The quantitative estimate of drug-likeness (QED) is 0.872. The molecule has 4 nitrogen and oxygen atoms in total. The second-order valence-electron chi connectivity index (χ2n) is 5.96. The lowest BCUT2D eigenvalue weighted by molar-refractivity contribution is 0.436. The summed E-state index contributed by atoms with van der Waals surface area (Å²) >= 11 is 3.45. The fraction of sp³-hybridized carbons (Fsp3) is 0.412. The summed E-state index contributed by atoms with van der Waals surface area (Å²) in [5.41, 5.74) is 1.03. The van der Waals surface area contributed by atoms with Crippen LogP contribution in [0.5, 0.6) is 0 Å². The van der Waals surface area contributed by atoms with E-state index in [0.29, 0.717) is 0 Å². The molecule has 0 spiro atoms. The van der Waals surface area contributed by atoms with Crippen LogP contribution in [0, 0.1) is 12.8 Å². The molecule has 3 rings (SSSR count). The lowest BCUT2D eigenvalue weighted by Gasteiger charge is -2.31. The third-order valence-corrected chi connectivity index (χ3v) is 4.58. The van der Waals surface area contributed by atoms with Gasteiger partial charge in [0.25, 0.3) is 0 Å². The van der Waals surface area contributed by atoms with E-state index in [-0.39, 0.29) is 0 Å². The van der Waals surface area contributed by atoms with Crippen LogP contribution in [0.25, 0.3) is 0 Å². The number of rotatable bonds is 3. The number of aromatic nitrogens is 2. The molecule has 1 aliphatic rings. The number of aryl methyl sites for hydroxylation is 1. The normalized spacial score (nSPS) is 15.9. The summed E-state index contributed by atoms with van der Waals surface area (Å²) < 4.78 is 1.07. The molecule has 1 fully saturated rings. The van der Waals surface area contributed by atoms with Gasteiger partial charge in [-0.25, -0.2) is 9.97 Å². The minimum atomic E-state index is 0.802. The van der Waals surface area contributed by atoms with E-state index >= 15 is 0 Å². The van der Waals surface area contributed by atoms with Gasteiger partial charge in [-0.2, -0.15) is 0 Å². The van der Waals surface area contributed by atoms with E-state index in [0.717, 1.165) is 46.6 Å². The first-order valence-corrected chi connectivity index (χ1v) is 8.53. The molecule has 1 aromatic carbocycles. The maximum atomic E-state index is 4.61. The fourth-order valence-electron chi connectivity index (χ4n) is 2.70. The minimum absolute atomic E-state index is 0.802. The number of nitrogens with one attached hydrogen (secondary N) is 1. The van der Waals surface area contributed by atoms with Crippen molar-refractivity contribution in [2.24, 2.45) is 5.92 Å². The average Bonchev–Trinajstić information content (AvgIpc) is 2.50. The highest BCUT2D eigenvalue weighted by Gasteiger charge is 2.18. The van der Waals surface area contributed by atoms with Crippen LogP contribution >= 0.6 is 15.9 Å². The first-order valence-electron chi connectivity index (χ1n) is 7.73. The van der Waals surface area contributed by atoms with Gasteiger partial charge in [0.05, 0.1) is 0 Å². The first kappa shape index (κ1) is 15.3. The zero-order valence-electron chi connectivity index (χ0n) is 13.0. The molecule has 0 unspecified atom stereocenters. The predicted octanol–water partition coefficient (Wildman–Crippen LogP) is 4.53. The van der Waals surface area contributed by atoms with Crippen LogP contribution in [-0.2, 0) is 0 Å². The Morgan fingerprint density at radius 2 is 1.82 bits per heavy atom. The van der Waals surface area contributed by atoms with Gasteiger partial charge in [0.15, 0.2) is 0 Å². The van der Waals surface area contributed by atoms with Crippen LogP contribution in [0.15, 0.2) is 34.8 Å². The Morgan fingerprint density at radius 3 is 2.50 bits per heavy atom. The molecule has 1 aromatic heterocycles. The number of hydrogen-bond acceptors (Lipinski definition) is 4. The van der Waals surface area contributed by atoms with E-state index in [9.17, 15) is 0 Å². The molecule has 1 N–H and O–H groups in total. The Labute approximate surface area is 140 Å². The molecule has 0 radical (unpaired) electrons. The summed E-state index contributed by atoms with van der Waals surface area (Å²) in [7, 11) is 0. The molecule has 0 aliphatic carbocycles. The molecule has 0 saturated carbocycles. The zero-order valence-corrected chi connectivity index (χ0v) is 14.6. The minimum Gasteiger partial charge on any atom is -0.356 e. The Bertz CT molecular complexity index is 634. The topological polar surface area (TPSA) is 41.1 Å². The highest BCUT2D eigenvalue weighted by atomic mass is 79.9. The summed E-state index contributed by atoms with van der Waals surface area (Å²) in [6.45, 7) is 6.43. The molecule has 2 heterocycles. The first-order chi connectivity index (χ1) is 10.6. The van der Waals surface area contributed by atoms with Crippen molar-refractivity contribution in [1.29, 1.82) is 0 Å². The van der Waals surface area contributed by atoms with E-state index < -0.39 is 0 Å². The van der Waals surface area contributed by atoms with Gasteiger partial charge in [0.1, 0.15) is 17.5 Å². The van der Waals surface area contributed by atoms with Crippen LogP contribution in [0.2, 0.25) is 0 Å². The maximum absolute atomic E-state index is 4.61. The molecule has 1 saturated heterocycles. The second-order valence-corrected chi connectivity index (χ2v) is 6.88. The predicted molar refractivity (Wildman–Crippen MR) is 94.8 cm³/mol. The summed E-state index contributed by atoms with van der Waals surface area (Å²) in [4.78, 5) is 11.5. The number of anilines is 3. The van der Waals surface area contributed by atoms with Crippen LogP contribution in [0.1, 0.15) is 25.6 Å². The summed E-state index contributed by atoms with van der Waals surface area (Å²) in [6, 6.07) is 10.1. The Kier molecular flexibility index (Phi) is 4.62. The molecule has 22 heavy (non-hydrogen) atoms. The third kappa shape index (κ3) is 3.77. The largest absolute Gasteiger partial charge is 0.356 e. The highest BCUT2D eigenvalue weighted by Crippen LogP contribution is 2.25. The summed E-state index contributed by atoms with van der Waals surface area (Å²) in [5, 5.41) is 3.36. The second kappa shape index (κ2) is 6.65. The average molecular weight is 361 g/mol. The van der Waals surface area contributed by atoms with Crippen molar-refractivity contribution in [3.8, 4) is 0 Å². The van der Waals surface area contributed by atoms with E-state index in [2.05, 4.69) is 43.0 Å². The zero-order chi connectivity index (χ0) is 15.5. The lowest BCUT2D eigenvalue weighted by atomic mass is 9.99. The van der Waals surface area contributed by atoms with Crippen molar-refractivity contribution >= 4 is 33.3 Å². The monoisotopic (exact) mass is 360 g/mol. The van der Waals surface area contributed by atoms with Crippen molar-refractivity contribution in [2.75, 3.05) is 23.3 Å². The molecule has 5 heteroatoms. The Balaban J connectivity index is 1.79. The van der Waals surface area contributed by atoms with E-state index in [1.807, 2.05) is 37.3 Å². The van der Waals surface area contributed by atoms with Crippen LogP contribution < -0.4 is 10.2 Å². The van der Waals surface area contributed by atoms with Gasteiger partial charge in [0.2, 0.25) is 0 Å². The SMILES string of the molecule is Cc1nc(Nc2ccc(Br)cc2)cc(N2CCC(C)CC2)n1.